The highest BCUT2D eigenvalue weighted by atomic mass is 16.5. The molecule has 0 saturated carbocycles. The Morgan fingerprint density at radius 1 is 1.15 bits per heavy atom. The van der Waals surface area contributed by atoms with Crippen LogP contribution in [0.1, 0.15) is 11.1 Å². The normalized spacial score (nSPS) is 10.6. The van der Waals surface area contributed by atoms with Crippen molar-refractivity contribution in [1.29, 1.82) is 5.26 Å². The molecule has 0 fully saturated rings. The molecule has 2 aromatic rings. The molecule has 0 spiro atoms. The highest BCUT2D eigenvalue weighted by Gasteiger charge is 2.12. The molecule has 2 rings (SSSR count). The largest absolute Gasteiger partial charge is 0.496 e. The second-order valence-electron chi connectivity index (χ2n) is 5.52. The van der Waals surface area contributed by atoms with Crippen LogP contribution >= 0.6 is 0 Å². The lowest BCUT2D eigenvalue weighted by Gasteiger charge is -2.11. The van der Waals surface area contributed by atoms with E-state index in [0.717, 1.165) is 16.9 Å². The molecule has 0 radical (unpaired) electrons. The average molecular weight is 351 g/mol. The Bertz CT molecular complexity index is 854. The second kappa shape index (κ2) is 9.14. The molecule has 0 unspecified atom stereocenters. The van der Waals surface area contributed by atoms with Gasteiger partial charge in [-0.3, -0.25) is 4.79 Å². The first-order valence-corrected chi connectivity index (χ1v) is 8.00. The maximum Gasteiger partial charge on any atom is 0.267 e. The maximum absolute atomic E-state index is 12.4. The summed E-state index contributed by atoms with van der Waals surface area (Å²) in [5.74, 6) is 0.757. The zero-order valence-corrected chi connectivity index (χ0v) is 15.0. The quantitative estimate of drug-likeness (QED) is 0.591. The van der Waals surface area contributed by atoms with Crippen LogP contribution in [0.25, 0.3) is 0 Å². The van der Waals surface area contributed by atoms with Crippen molar-refractivity contribution in [3.05, 3.63) is 65.4 Å². The molecule has 0 saturated heterocycles. The number of nitriles is 1. The monoisotopic (exact) mass is 351 g/mol. The molecule has 0 heterocycles. The number of para-hydroxylation sites is 1. The smallest absolute Gasteiger partial charge is 0.267 e. The van der Waals surface area contributed by atoms with Gasteiger partial charge in [0.15, 0.2) is 0 Å². The van der Waals surface area contributed by atoms with E-state index in [4.69, 9.17) is 9.47 Å². The third-order valence-corrected chi connectivity index (χ3v) is 3.70. The van der Waals surface area contributed by atoms with Crippen molar-refractivity contribution >= 4 is 11.6 Å². The van der Waals surface area contributed by atoms with Crippen LogP contribution in [0.4, 0.5) is 5.69 Å². The Kier molecular flexibility index (Phi) is 6.63. The zero-order valence-electron chi connectivity index (χ0n) is 15.0. The number of amides is 1. The van der Waals surface area contributed by atoms with E-state index in [-0.39, 0.29) is 5.57 Å². The number of benzene rings is 2. The molecule has 2 N–H and O–H groups in total. The molecule has 0 aromatic heterocycles. The van der Waals surface area contributed by atoms with Gasteiger partial charge in [0.1, 0.15) is 23.1 Å². The van der Waals surface area contributed by atoms with Gasteiger partial charge in [0.25, 0.3) is 5.91 Å². The summed E-state index contributed by atoms with van der Waals surface area (Å²) in [6.07, 6.45) is 1.39. The van der Waals surface area contributed by atoms with Crippen LogP contribution < -0.4 is 20.1 Å². The van der Waals surface area contributed by atoms with Crippen LogP contribution in [0.15, 0.2) is 54.2 Å². The van der Waals surface area contributed by atoms with Crippen LogP contribution in [0, 0.1) is 18.3 Å². The summed E-state index contributed by atoms with van der Waals surface area (Å²) in [6.45, 7) is 2.33. The predicted molar refractivity (Wildman–Crippen MR) is 99.9 cm³/mol. The Morgan fingerprint density at radius 3 is 2.58 bits per heavy atom. The van der Waals surface area contributed by atoms with Crippen LogP contribution in [0.2, 0.25) is 0 Å². The summed E-state index contributed by atoms with van der Waals surface area (Å²) < 4.78 is 10.5. The summed E-state index contributed by atoms with van der Waals surface area (Å²) in [6, 6.07) is 14.9. The minimum atomic E-state index is -0.510. The summed E-state index contributed by atoms with van der Waals surface area (Å²) in [7, 11) is 3.12. The molecule has 6 heteroatoms. The van der Waals surface area contributed by atoms with Crippen LogP contribution in [-0.4, -0.2) is 20.1 Å². The molecule has 0 aliphatic rings. The number of hydrogen-bond acceptors (Lipinski definition) is 5. The second-order valence-corrected chi connectivity index (χ2v) is 5.52. The fraction of sp³-hybridized carbons (Fsp3) is 0.200. The van der Waals surface area contributed by atoms with E-state index in [1.54, 1.807) is 19.2 Å². The zero-order chi connectivity index (χ0) is 18.9. The predicted octanol–water partition coefficient (Wildman–Crippen LogP) is 3.15. The number of anilines is 1. The molecule has 0 atom stereocenters. The molecule has 134 valence electrons. The van der Waals surface area contributed by atoms with E-state index in [0.29, 0.717) is 18.0 Å². The average Bonchev–Trinajstić information content (AvgIpc) is 2.65. The van der Waals surface area contributed by atoms with E-state index in [9.17, 15) is 10.1 Å². The molecular weight excluding hydrogens is 330 g/mol. The van der Waals surface area contributed by atoms with Crippen molar-refractivity contribution in [2.75, 3.05) is 19.5 Å². The van der Waals surface area contributed by atoms with E-state index < -0.39 is 5.91 Å². The molecule has 2 aromatic carbocycles. The SMILES string of the molecule is COc1ccccc1CN/C=C(/C#N)C(=O)Nc1cc(C)ccc1OC. The van der Waals surface area contributed by atoms with Crippen LogP contribution in [0.3, 0.4) is 0 Å². The summed E-state index contributed by atoms with van der Waals surface area (Å²) >= 11 is 0. The van der Waals surface area contributed by atoms with Crippen molar-refractivity contribution in [1.82, 2.24) is 5.32 Å². The Labute approximate surface area is 153 Å². The number of carbonyl (C=O) groups excluding carboxylic acids is 1. The van der Waals surface area contributed by atoms with E-state index in [1.807, 2.05) is 43.3 Å². The third kappa shape index (κ3) is 4.77. The van der Waals surface area contributed by atoms with Crippen LogP contribution in [-0.2, 0) is 11.3 Å². The first-order valence-electron chi connectivity index (χ1n) is 8.00. The number of nitrogens with zero attached hydrogens (tertiary/aromatic N) is 1. The Hall–Kier alpha value is -3.46. The van der Waals surface area contributed by atoms with Gasteiger partial charge < -0.3 is 20.1 Å². The van der Waals surface area contributed by atoms with E-state index in [2.05, 4.69) is 10.6 Å². The van der Waals surface area contributed by atoms with Crippen molar-refractivity contribution in [3.63, 3.8) is 0 Å². The Morgan fingerprint density at radius 2 is 1.88 bits per heavy atom. The fourth-order valence-electron chi connectivity index (χ4n) is 2.37. The number of hydrogen-bond donors (Lipinski definition) is 2. The minimum absolute atomic E-state index is 0.0385. The van der Waals surface area contributed by atoms with Gasteiger partial charge in [0.05, 0.1) is 19.9 Å². The number of carbonyl (C=O) groups is 1. The fourth-order valence-corrected chi connectivity index (χ4v) is 2.37. The van der Waals surface area contributed by atoms with Gasteiger partial charge in [0, 0.05) is 18.3 Å². The molecule has 26 heavy (non-hydrogen) atoms. The highest BCUT2D eigenvalue weighted by Crippen LogP contribution is 2.25. The third-order valence-electron chi connectivity index (χ3n) is 3.70. The number of methoxy groups -OCH3 is 2. The van der Waals surface area contributed by atoms with Gasteiger partial charge in [-0.15, -0.1) is 0 Å². The van der Waals surface area contributed by atoms with E-state index >= 15 is 0 Å². The van der Waals surface area contributed by atoms with Gasteiger partial charge in [-0.05, 0) is 30.7 Å². The first kappa shape index (κ1) is 18.9. The first-order chi connectivity index (χ1) is 12.6. The van der Waals surface area contributed by atoms with Crippen LogP contribution in [0.5, 0.6) is 11.5 Å². The number of ether oxygens (including phenoxy) is 2. The van der Waals surface area contributed by atoms with Gasteiger partial charge in [0.2, 0.25) is 0 Å². The van der Waals surface area contributed by atoms with Gasteiger partial charge in [-0.25, -0.2) is 0 Å². The standard InChI is InChI=1S/C20H21N3O3/c1-14-8-9-19(26-3)17(10-14)23-20(24)16(11-21)13-22-12-15-6-4-5-7-18(15)25-2/h4-10,13,22H,12H2,1-3H3,(H,23,24)/b16-13-. The van der Waals surface area contributed by atoms with Gasteiger partial charge >= 0.3 is 0 Å². The van der Waals surface area contributed by atoms with Crippen molar-refractivity contribution < 1.29 is 14.3 Å². The molecule has 0 aliphatic heterocycles. The van der Waals surface area contributed by atoms with Crippen molar-refractivity contribution in [3.8, 4) is 17.6 Å². The lowest BCUT2D eigenvalue weighted by atomic mass is 10.2. The lowest BCUT2D eigenvalue weighted by molar-refractivity contribution is -0.112. The molecule has 0 aliphatic carbocycles. The van der Waals surface area contributed by atoms with Crippen molar-refractivity contribution in [2.45, 2.75) is 13.5 Å². The molecule has 6 nitrogen and oxygen atoms in total. The number of rotatable bonds is 7. The Balaban J connectivity index is 2.08. The topological polar surface area (TPSA) is 83.4 Å². The molecular formula is C20H21N3O3. The number of aryl methyl sites for hydroxylation is 1. The summed E-state index contributed by atoms with van der Waals surface area (Å²) in [4.78, 5) is 12.4. The van der Waals surface area contributed by atoms with E-state index in [1.165, 1.54) is 13.3 Å². The maximum atomic E-state index is 12.4. The molecule has 0 bridgehead atoms. The molecule has 1 amide bonds. The number of nitrogens with one attached hydrogen (secondary N) is 2. The summed E-state index contributed by atoms with van der Waals surface area (Å²) in [5, 5.41) is 15.0. The van der Waals surface area contributed by atoms with Gasteiger partial charge in [-0.1, -0.05) is 24.3 Å². The lowest BCUT2D eigenvalue weighted by Crippen LogP contribution is -2.17. The van der Waals surface area contributed by atoms with Gasteiger partial charge in [-0.2, -0.15) is 5.26 Å². The van der Waals surface area contributed by atoms with Crippen molar-refractivity contribution in [2.24, 2.45) is 0 Å². The summed E-state index contributed by atoms with van der Waals surface area (Å²) in [5.41, 5.74) is 2.37. The minimum Gasteiger partial charge on any atom is -0.496 e. The highest BCUT2D eigenvalue weighted by molar-refractivity contribution is 6.07.